The number of ether oxygens (including phenoxy) is 1. The molecule has 82 valence electrons. The van der Waals surface area contributed by atoms with E-state index < -0.39 is 36.7 Å². The predicted molar refractivity (Wildman–Crippen MR) is 42.5 cm³/mol. The van der Waals surface area contributed by atoms with Gasteiger partial charge >= 0.3 is 11.9 Å². The van der Waals surface area contributed by atoms with Crippen LogP contribution < -0.4 is 0 Å². The predicted octanol–water partition coefficient (Wildman–Crippen LogP) is -1.37. The molecule has 0 spiro atoms. The molecule has 0 bridgehead atoms. The Balaban J connectivity index is 4.64. The average Bonchev–Trinajstić information content (AvgIpc) is 1.99. The van der Waals surface area contributed by atoms with Crippen molar-refractivity contribution >= 4 is 11.9 Å². The summed E-state index contributed by atoms with van der Waals surface area (Å²) < 4.78 is 4.30. The summed E-state index contributed by atoms with van der Waals surface area (Å²) in [6, 6.07) is 0. The second-order valence-electron chi connectivity index (χ2n) is 2.83. The van der Waals surface area contributed by atoms with Gasteiger partial charge in [0.25, 0.3) is 0 Å². The van der Waals surface area contributed by atoms with Crippen molar-refractivity contribution in [3.63, 3.8) is 0 Å². The summed E-state index contributed by atoms with van der Waals surface area (Å²) in [7, 11) is 1.03. The Kier molecular flexibility index (Phi) is 4.48. The van der Waals surface area contributed by atoms with Crippen molar-refractivity contribution < 1.29 is 34.8 Å². The Hall–Kier alpha value is -1.18. The van der Waals surface area contributed by atoms with Gasteiger partial charge in [0.05, 0.1) is 12.8 Å². The summed E-state index contributed by atoms with van der Waals surface area (Å²) in [6.45, 7) is 0. The molecule has 7 nitrogen and oxygen atoms in total. The van der Waals surface area contributed by atoms with Crippen molar-refractivity contribution in [2.75, 3.05) is 7.11 Å². The van der Waals surface area contributed by atoms with Crippen LogP contribution in [0.1, 0.15) is 12.8 Å². The third-order valence-corrected chi connectivity index (χ3v) is 1.60. The Morgan fingerprint density at radius 2 is 1.64 bits per heavy atom. The van der Waals surface area contributed by atoms with E-state index in [1.54, 1.807) is 0 Å². The van der Waals surface area contributed by atoms with E-state index >= 15 is 0 Å². The Morgan fingerprint density at radius 1 is 1.29 bits per heavy atom. The lowest BCUT2D eigenvalue weighted by Gasteiger charge is -2.28. The van der Waals surface area contributed by atoms with Crippen molar-refractivity contribution in [3.8, 4) is 0 Å². The number of aliphatic hydroxyl groups is 2. The maximum Gasteiger partial charge on any atom is 0.306 e. The van der Waals surface area contributed by atoms with E-state index in [9.17, 15) is 14.7 Å². The maximum atomic E-state index is 10.3. The van der Waals surface area contributed by atoms with E-state index in [2.05, 4.69) is 4.74 Å². The molecule has 4 N–H and O–H groups in total. The van der Waals surface area contributed by atoms with Gasteiger partial charge in [-0.05, 0) is 0 Å². The Labute approximate surface area is 79.5 Å². The quantitative estimate of drug-likeness (QED) is 0.397. The van der Waals surface area contributed by atoms with E-state index in [1.807, 2.05) is 0 Å². The minimum atomic E-state index is -2.31. The zero-order valence-electron chi connectivity index (χ0n) is 7.51. The molecule has 0 fully saturated rings. The van der Waals surface area contributed by atoms with Crippen LogP contribution in [-0.4, -0.2) is 51.4 Å². The van der Waals surface area contributed by atoms with Crippen molar-refractivity contribution in [2.24, 2.45) is 0 Å². The first-order chi connectivity index (χ1) is 6.31. The SMILES string of the molecule is COC(O)C(O)(CC(=O)O)CC(=O)O. The molecule has 1 atom stereocenters. The topological polar surface area (TPSA) is 124 Å². The molecular formula is C7H12O7. The van der Waals surface area contributed by atoms with Crippen molar-refractivity contribution in [2.45, 2.75) is 24.7 Å². The molecule has 0 radical (unpaired) electrons. The molecule has 0 aliphatic carbocycles. The molecule has 0 amide bonds. The van der Waals surface area contributed by atoms with Crippen LogP contribution in [0.5, 0.6) is 0 Å². The van der Waals surface area contributed by atoms with Gasteiger partial charge in [-0.3, -0.25) is 9.59 Å². The zero-order valence-corrected chi connectivity index (χ0v) is 7.51. The summed E-state index contributed by atoms with van der Waals surface area (Å²) in [5.74, 6) is -2.85. The molecule has 0 aromatic rings. The van der Waals surface area contributed by atoms with E-state index in [-0.39, 0.29) is 0 Å². The number of methoxy groups -OCH3 is 1. The number of carboxylic acid groups (broad SMARTS) is 2. The van der Waals surface area contributed by atoms with Gasteiger partial charge in [0.2, 0.25) is 0 Å². The number of aliphatic carboxylic acids is 2. The summed E-state index contributed by atoms with van der Waals surface area (Å²) in [6.07, 6.45) is -3.67. The van der Waals surface area contributed by atoms with Crippen LogP contribution in [0.15, 0.2) is 0 Å². The van der Waals surface area contributed by atoms with Gasteiger partial charge < -0.3 is 25.2 Å². The highest BCUT2D eigenvalue weighted by molar-refractivity contribution is 5.72. The minimum absolute atomic E-state index is 0.908. The lowest BCUT2D eigenvalue weighted by molar-refractivity contribution is -0.212. The molecule has 0 rings (SSSR count). The Morgan fingerprint density at radius 3 is 1.86 bits per heavy atom. The molecule has 0 heterocycles. The van der Waals surface area contributed by atoms with Gasteiger partial charge in [0.15, 0.2) is 6.29 Å². The first-order valence-corrected chi connectivity index (χ1v) is 3.68. The van der Waals surface area contributed by atoms with Gasteiger partial charge in [0.1, 0.15) is 5.60 Å². The second kappa shape index (κ2) is 4.89. The highest BCUT2D eigenvalue weighted by Crippen LogP contribution is 2.21. The minimum Gasteiger partial charge on any atom is -0.481 e. The lowest BCUT2D eigenvalue weighted by Crippen LogP contribution is -2.46. The van der Waals surface area contributed by atoms with Crippen LogP contribution in [0.3, 0.4) is 0 Å². The van der Waals surface area contributed by atoms with Crippen LogP contribution in [0.4, 0.5) is 0 Å². The summed E-state index contributed by atoms with van der Waals surface area (Å²) in [4.78, 5) is 20.6. The van der Waals surface area contributed by atoms with E-state index in [1.165, 1.54) is 0 Å². The van der Waals surface area contributed by atoms with Crippen molar-refractivity contribution in [1.29, 1.82) is 0 Å². The normalized spacial score (nSPS) is 13.6. The van der Waals surface area contributed by atoms with Gasteiger partial charge in [-0.2, -0.15) is 0 Å². The van der Waals surface area contributed by atoms with E-state index in [4.69, 9.17) is 15.3 Å². The zero-order chi connectivity index (χ0) is 11.4. The van der Waals surface area contributed by atoms with Crippen molar-refractivity contribution in [3.05, 3.63) is 0 Å². The highest BCUT2D eigenvalue weighted by atomic mass is 16.6. The number of rotatable bonds is 6. The monoisotopic (exact) mass is 208 g/mol. The molecule has 14 heavy (non-hydrogen) atoms. The second-order valence-corrected chi connectivity index (χ2v) is 2.83. The third-order valence-electron chi connectivity index (χ3n) is 1.60. The molecule has 0 saturated heterocycles. The lowest BCUT2D eigenvalue weighted by atomic mass is 9.95. The van der Waals surface area contributed by atoms with Crippen LogP contribution >= 0.6 is 0 Å². The van der Waals surface area contributed by atoms with Crippen LogP contribution in [0, 0.1) is 0 Å². The number of aliphatic hydroxyl groups excluding tert-OH is 1. The maximum absolute atomic E-state index is 10.3. The molecular weight excluding hydrogens is 196 g/mol. The first kappa shape index (κ1) is 12.8. The fourth-order valence-electron chi connectivity index (χ4n) is 0.980. The van der Waals surface area contributed by atoms with Gasteiger partial charge in [-0.15, -0.1) is 0 Å². The number of hydrogen-bond acceptors (Lipinski definition) is 5. The largest absolute Gasteiger partial charge is 0.481 e. The summed E-state index contributed by atoms with van der Waals surface area (Å²) in [5, 5.41) is 35.3. The Bertz CT molecular complexity index is 208. The molecule has 0 aromatic carbocycles. The first-order valence-electron chi connectivity index (χ1n) is 3.68. The fourth-order valence-corrected chi connectivity index (χ4v) is 0.980. The molecule has 0 aliphatic heterocycles. The number of carboxylic acids is 2. The van der Waals surface area contributed by atoms with Gasteiger partial charge in [0, 0.05) is 7.11 Å². The summed E-state index contributed by atoms with van der Waals surface area (Å²) >= 11 is 0. The van der Waals surface area contributed by atoms with E-state index in [0.717, 1.165) is 7.11 Å². The van der Waals surface area contributed by atoms with E-state index in [0.29, 0.717) is 0 Å². The van der Waals surface area contributed by atoms with Crippen LogP contribution in [0.2, 0.25) is 0 Å². The number of carbonyl (C=O) groups is 2. The smallest absolute Gasteiger partial charge is 0.306 e. The molecule has 0 saturated carbocycles. The van der Waals surface area contributed by atoms with Crippen LogP contribution in [-0.2, 0) is 14.3 Å². The molecule has 1 unspecified atom stereocenters. The summed E-state index contributed by atoms with van der Waals surface area (Å²) in [5.41, 5.74) is -2.31. The highest BCUT2D eigenvalue weighted by Gasteiger charge is 2.40. The average molecular weight is 208 g/mol. The standard InChI is InChI=1S/C7H12O7/c1-14-6(12)7(13,2-4(8)9)3-5(10)11/h6,12-13H,2-3H2,1H3,(H,8,9)(H,10,11). The third kappa shape index (κ3) is 3.69. The van der Waals surface area contributed by atoms with Crippen molar-refractivity contribution in [1.82, 2.24) is 0 Å². The fraction of sp³-hybridized carbons (Fsp3) is 0.714. The van der Waals surface area contributed by atoms with Gasteiger partial charge in [-0.1, -0.05) is 0 Å². The molecule has 0 aliphatic rings. The van der Waals surface area contributed by atoms with Gasteiger partial charge in [-0.25, -0.2) is 0 Å². The number of hydrogen-bond donors (Lipinski definition) is 4. The molecule has 0 aromatic heterocycles. The van der Waals surface area contributed by atoms with Crippen LogP contribution in [0.25, 0.3) is 0 Å². The molecule has 7 heteroatoms.